The minimum absolute atomic E-state index is 0.318. The molecule has 2 aromatic carbocycles. The van der Waals surface area contributed by atoms with Gasteiger partial charge in [0.25, 0.3) is 11.8 Å². The Morgan fingerprint density at radius 3 is 1.07 bits per heavy atom. The fourth-order valence-electron chi connectivity index (χ4n) is 6.33. The van der Waals surface area contributed by atoms with Crippen LogP contribution in [0.15, 0.2) is 110 Å². The third-order valence-corrected chi connectivity index (χ3v) is 9.44. The van der Waals surface area contributed by atoms with E-state index in [1.807, 2.05) is 60.7 Å². The van der Waals surface area contributed by atoms with Crippen LogP contribution in [0.1, 0.15) is 109 Å². The molecule has 286 valence electrons. The van der Waals surface area contributed by atoms with Crippen molar-refractivity contribution >= 4 is 23.6 Å². The third-order valence-electron chi connectivity index (χ3n) is 9.44. The van der Waals surface area contributed by atoms with Gasteiger partial charge in [0.1, 0.15) is 0 Å². The number of benzene rings is 2. The van der Waals surface area contributed by atoms with Crippen LogP contribution >= 0.6 is 0 Å². The van der Waals surface area contributed by atoms with Gasteiger partial charge in [0.05, 0.1) is 12.1 Å². The van der Waals surface area contributed by atoms with Crippen molar-refractivity contribution in [2.75, 3.05) is 13.1 Å². The van der Waals surface area contributed by atoms with Gasteiger partial charge in [-0.25, -0.2) is 0 Å². The molecule has 10 nitrogen and oxygen atoms in total. The average Bonchev–Trinajstić information content (AvgIpc) is 3.21. The molecule has 4 amide bonds. The van der Waals surface area contributed by atoms with Crippen molar-refractivity contribution in [3.8, 4) is 0 Å². The number of aromatic nitrogens is 2. The van der Waals surface area contributed by atoms with E-state index in [9.17, 15) is 19.2 Å². The highest BCUT2D eigenvalue weighted by Gasteiger charge is 2.22. The summed E-state index contributed by atoms with van der Waals surface area (Å²) in [4.78, 5) is 59.1. The van der Waals surface area contributed by atoms with Crippen LogP contribution in [0.2, 0.25) is 0 Å². The number of amides is 4. The molecule has 4 aromatic rings. The summed E-state index contributed by atoms with van der Waals surface area (Å²) < 4.78 is 0. The second kappa shape index (κ2) is 25.0. The lowest BCUT2D eigenvalue weighted by Crippen LogP contribution is -2.47. The Balaban J connectivity index is 1.02. The first-order valence-electron chi connectivity index (χ1n) is 19.5. The molecule has 4 N–H and O–H groups in total. The number of rotatable bonds is 25. The summed E-state index contributed by atoms with van der Waals surface area (Å²) in [5.41, 5.74) is 2.90. The van der Waals surface area contributed by atoms with E-state index >= 15 is 0 Å². The number of imide groups is 2. The van der Waals surface area contributed by atoms with Gasteiger partial charge < -0.3 is 10.6 Å². The summed E-state index contributed by atoms with van der Waals surface area (Å²) >= 11 is 0. The number of pyridine rings is 2. The molecule has 2 heterocycles. The summed E-state index contributed by atoms with van der Waals surface area (Å²) in [5, 5.41) is 11.9. The Hall–Kier alpha value is -5.06. The van der Waals surface area contributed by atoms with Crippen molar-refractivity contribution in [3.63, 3.8) is 0 Å². The topological polar surface area (TPSA) is 142 Å². The highest BCUT2D eigenvalue weighted by atomic mass is 16.2. The quantitative estimate of drug-likeness (QED) is 0.0547. The van der Waals surface area contributed by atoms with Crippen LogP contribution in [0, 0.1) is 0 Å². The molecule has 2 aromatic heterocycles. The Kier molecular flexibility index (Phi) is 19.3. The molecule has 10 heteroatoms. The highest BCUT2D eigenvalue weighted by Crippen LogP contribution is 2.13. The van der Waals surface area contributed by atoms with Gasteiger partial charge in [0, 0.05) is 35.9 Å². The van der Waals surface area contributed by atoms with Gasteiger partial charge >= 0.3 is 0 Å². The predicted octanol–water partition coefficient (Wildman–Crippen LogP) is 6.77. The first-order chi connectivity index (χ1) is 26.5. The maximum atomic E-state index is 13.0. The zero-order valence-corrected chi connectivity index (χ0v) is 31.4. The molecule has 0 saturated heterocycles. The lowest BCUT2D eigenvalue weighted by molar-refractivity contribution is -0.123. The number of hydrogen-bond acceptors (Lipinski definition) is 8. The lowest BCUT2D eigenvalue weighted by Gasteiger charge is -2.18. The number of unbranched alkanes of at least 4 members (excludes halogenated alkanes) is 11. The van der Waals surface area contributed by atoms with Crippen LogP contribution in [0.5, 0.6) is 0 Å². The Bertz CT molecular complexity index is 1530. The number of nitrogens with zero attached hydrogens (tertiary/aromatic N) is 2. The molecule has 0 spiro atoms. The predicted molar refractivity (Wildman–Crippen MR) is 213 cm³/mol. The molecule has 0 fully saturated rings. The van der Waals surface area contributed by atoms with Crippen LogP contribution in [0.3, 0.4) is 0 Å². The first-order valence-corrected chi connectivity index (χ1v) is 19.5. The molecule has 4 rings (SSSR count). The normalized spacial score (nSPS) is 12.1. The van der Waals surface area contributed by atoms with Gasteiger partial charge in [0.2, 0.25) is 11.8 Å². The minimum Gasteiger partial charge on any atom is -0.306 e. The number of hydrogen-bond donors (Lipinski definition) is 4. The van der Waals surface area contributed by atoms with Gasteiger partial charge in [-0.3, -0.25) is 39.8 Å². The summed E-state index contributed by atoms with van der Waals surface area (Å²) in [6, 6.07) is 25.1. The van der Waals surface area contributed by atoms with Crippen LogP contribution < -0.4 is 21.3 Å². The van der Waals surface area contributed by atoms with E-state index in [1.54, 1.807) is 24.3 Å². The number of carbonyl (C=O) groups is 4. The summed E-state index contributed by atoms with van der Waals surface area (Å²) in [6.45, 7) is 1.44. The molecule has 2 atom stereocenters. The van der Waals surface area contributed by atoms with Crippen molar-refractivity contribution in [2.24, 2.45) is 0 Å². The highest BCUT2D eigenvalue weighted by molar-refractivity contribution is 6.06. The van der Waals surface area contributed by atoms with Gasteiger partial charge in [-0.1, -0.05) is 125 Å². The van der Waals surface area contributed by atoms with E-state index in [2.05, 4.69) is 31.2 Å². The second-order valence-electron chi connectivity index (χ2n) is 13.7. The SMILES string of the molecule is O=C(NC(=O)C(Cc1ccccc1)NCCCCCCCCCCCCCCNC(Cc1ccccc1)C(=O)NC(=O)c1ccncc1)c1ccncc1. The second-order valence-corrected chi connectivity index (χ2v) is 13.7. The van der Waals surface area contributed by atoms with Crippen molar-refractivity contribution in [1.82, 2.24) is 31.2 Å². The molecule has 0 bridgehead atoms. The molecule has 0 aliphatic rings. The van der Waals surface area contributed by atoms with Gasteiger partial charge in [-0.05, 0) is 74.2 Å². The standard InChI is InChI=1S/C44H56N6O4/c51-41(37-23-29-45-30-24-37)49-43(53)39(33-35-19-13-11-14-20-35)47-27-17-9-7-5-3-1-2-4-6-8-10-18-28-48-40(34-36-21-15-12-16-22-36)44(54)50-42(52)38-25-31-46-32-26-38/h11-16,19-26,29-32,39-40,47-48H,1-10,17-18,27-28,33-34H2,(H,49,51,53)(H,50,52,54). The van der Waals surface area contributed by atoms with Crippen LogP contribution in [-0.4, -0.2) is 58.8 Å². The van der Waals surface area contributed by atoms with E-state index in [4.69, 9.17) is 0 Å². The van der Waals surface area contributed by atoms with E-state index in [0.29, 0.717) is 24.0 Å². The molecule has 0 radical (unpaired) electrons. The van der Waals surface area contributed by atoms with E-state index in [-0.39, 0.29) is 11.8 Å². The minimum atomic E-state index is -0.493. The van der Waals surface area contributed by atoms with E-state index in [1.165, 1.54) is 76.2 Å². The smallest absolute Gasteiger partial charge is 0.257 e. The van der Waals surface area contributed by atoms with Crippen molar-refractivity contribution in [2.45, 2.75) is 102 Å². The molecule has 0 saturated carbocycles. The van der Waals surface area contributed by atoms with Gasteiger partial charge in [-0.15, -0.1) is 0 Å². The maximum absolute atomic E-state index is 13.0. The maximum Gasteiger partial charge on any atom is 0.257 e. The Labute approximate surface area is 320 Å². The fourth-order valence-corrected chi connectivity index (χ4v) is 6.33. The molecular weight excluding hydrogens is 677 g/mol. The van der Waals surface area contributed by atoms with Crippen LogP contribution in [0.25, 0.3) is 0 Å². The van der Waals surface area contributed by atoms with Gasteiger partial charge in [-0.2, -0.15) is 0 Å². The molecular formula is C44H56N6O4. The zero-order chi connectivity index (χ0) is 38.1. The monoisotopic (exact) mass is 732 g/mol. The Morgan fingerprint density at radius 2 is 0.741 bits per heavy atom. The largest absolute Gasteiger partial charge is 0.306 e. The van der Waals surface area contributed by atoms with E-state index < -0.39 is 23.9 Å². The number of nitrogens with one attached hydrogen (secondary N) is 4. The van der Waals surface area contributed by atoms with Gasteiger partial charge in [0.15, 0.2) is 0 Å². The van der Waals surface area contributed by atoms with E-state index in [0.717, 1.165) is 49.9 Å². The molecule has 2 unspecified atom stereocenters. The molecule has 54 heavy (non-hydrogen) atoms. The summed E-state index contributed by atoms with van der Waals surface area (Å²) in [5.74, 6) is -1.47. The first kappa shape index (κ1) is 41.7. The summed E-state index contributed by atoms with van der Waals surface area (Å²) in [7, 11) is 0. The van der Waals surface area contributed by atoms with Crippen molar-refractivity contribution in [3.05, 3.63) is 132 Å². The van der Waals surface area contributed by atoms with Crippen LogP contribution in [-0.2, 0) is 22.4 Å². The van der Waals surface area contributed by atoms with Crippen molar-refractivity contribution in [1.29, 1.82) is 0 Å². The van der Waals surface area contributed by atoms with Crippen LogP contribution in [0.4, 0.5) is 0 Å². The average molecular weight is 733 g/mol. The number of carbonyl (C=O) groups excluding carboxylic acids is 4. The van der Waals surface area contributed by atoms with Crippen molar-refractivity contribution < 1.29 is 19.2 Å². The molecule has 0 aliphatic carbocycles. The fraction of sp³-hybridized carbons (Fsp3) is 0.409. The summed E-state index contributed by atoms with van der Waals surface area (Å²) in [6.07, 6.45) is 21.1. The lowest BCUT2D eigenvalue weighted by atomic mass is 10.0. The zero-order valence-electron chi connectivity index (χ0n) is 31.4. The molecule has 0 aliphatic heterocycles. The third kappa shape index (κ3) is 16.3. The Morgan fingerprint density at radius 1 is 0.426 bits per heavy atom.